The number of hydrogen-bond acceptors (Lipinski definition) is 4. The molecule has 4 heteroatoms. The van der Waals surface area contributed by atoms with Crippen LogP contribution in [0.5, 0.6) is 17.2 Å². The molecule has 4 nitrogen and oxygen atoms in total. The van der Waals surface area contributed by atoms with Crippen molar-refractivity contribution >= 4 is 0 Å². The molecular weight excluding hydrogens is 242 g/mol. The molecule has 0 aromatic heterocycles. The zero-order chi connectivity index (χ0) is 13.8. The van der Waals surface area contributed by atoms with Gasteiger partial charge in [-0.15, -0.1) is 0 Å². The molecule has 0 radical (unpaired) electrons. The summed E-state index contributed by atoms with van der Waals surface area (Å²) in [4.78, 5) is 0. The lowest BCUT2D eigenvalue weighted by Crippen LogP contribution is -2.17. The normalized spacial score (nSPS) is 12.3. The van der Waals surface area contributed by atoms with Crippen molar-refractivity contribution in [1.82, 2.24) is 5.32 Å². The second kappa shape index (κ2) is 5.63. The topological polar surface area (TPSA) is 72.7 Å². The summed E-state index contributed by atoms with van der Waals surface area (Å²) < 4.78 is 0. The van der Waals surface area contributed by atoms with E-state index in [0.717, 1.165) is 11.1 Å². The largest absolute Gasteiger partial charge is 0.508 e. The monoisotopic (exact) mass is 259 g/mol. The first-order chi connectivity index (χ1) is 9.06. The average Bonchev–Trinajstić information content (AvgIpc) is 2.40. The average molecular weight is 259 g/mol. The molecule has 1 atom stereocenters. The van der Waals surface area contributed by atoms with E-state index in [9.17, 15) is 15.3 Å². The van der Waals surface area contributed by atoms with Gasteiger partial charge in [0.1, 0.15) is 5.75 Å². The van der Waals surface area contributed by atoms with Crippen LogP contribution < -0.4 is 5.32 Å². The smallest absolute Gasteiger partial charge is 0.157 e. The molecule has 19 heavy (non-hydrogen) atoms. The standard InChI is InChI=1S/C15H17NO3/c1-10(12-3-2-4-13(17)8-12)16-9-11-5-6-14(18)15(19)7-11/h2-8,10,16-19H,9H2,1H3. The first kappa shape index (κ1) is 13.2. The van der Waals surface area contributed by atoms with Crippen molar-refractivity contribution < 1.29 is 15.3 Å². The van der Waals surface area contributed by atoms with E-state index in [-0.39, 0.29) is 23.3 Å². The summed E-state index contributed by atoms with van der Waals surface area (Å²) in [6.45, 7) is 2.56. The number of hydrogen-bond donors (Lipinski definition) is 4. The molecule has 0 aliphatic heterocycles. The van der Waals surface area contributed by atoms with Crippen molar-refractivity contribution in [1.29, 1.82) is 0 Å². The molecular formula is C15H17NO3. The second-order valence-corrected chi connectivity index (χ2v) is 4.52. The van der Waals surface area contributed by atoms with E-state index >= 15 is 0 Å². The summed E-state index contributed by atoms with van der Waals surface area (Å²) in [6.07, 6.45) is 0. The second-order valence-electron chi connectivity index (χ2n) is 4.52. The van der Waals surface area contributed by atoms with Crippen LogP contribution >= 0.6 is 0 Å². The fourth-order valence-electron chi connectivity index (χ4n) is 1.86. The van der Waals surface area contributed by atoms with Gasteiger partial charge in [0.15, 0.2) is 11.5 Å². The van der Waals surface area contributed by atoms with Crippen molar-refractivity contribution in [2.75, 3.05) is 0 Å². The Morgan fingerprint density at radius 3 is 2.47 bits per heavy atom. The van der Waals surface area contributed by atoms with Gasteiger partial charge in [-0.25, -0.2) is 0 Å². The Balaban J connectivity index is 2.00. The van der Waals surface area contributed by atoms with Crippen LogP contribution in [0.25, 0.3) is 0 Å². The Labute approximate surface area is 112 Å². The first-order valence-corrected chi connectivity index (χ1v) is 6.09. The van der Waals surface area contributed by atoms with Crippen molar-refractivity contribution in [2.45, 2.75) is 19.5 Å². The summed E-state index contributed by atoms with van der Waals surface area (Å²) >= 11 is 0. The molecule has 100 valence electrons. The van der Waals surface area contributed by atoms with Gasteiger partial charge in [0.05, 0.1) is 0 Å². The Morgan fingerprint density at radius 1 is 1.00 bits per heavy atom. The third-order valence-electron chi connectivity index (χ3n) is 3.02. The zero-order valence-corrected chi connectivity index (χ0v) is 10.7. The predicted octanol–water partition coefficient (Wildman–Crippen LogP) is 2.65. The lowest BCUT2D eigenvalue weighted by Gasteiger charge is -2.14. The van der Waals surface area contributed by atoms with E-state index < -0.39 is 0 Å². The van der Waals surface area contributed by atoms with E-state index in [1.165, 1.54) is 12.1 Å². The third-order valence-corrected chi connectivity index (χ3v) is 3.02. The Hall–Kier alpha value is -2.20. The van der Waals surface area contributed by atoms with Gasteiger partial charge in [-0.05, 0) is 42.3 Å². The Kier molecular flexibility index (Phi) is 3.92. The molecule has 0 saturated heterocycles. The van der Waals surface area contributed by atoms with Gasteiger partial charge in [-0.2, -0.15) is 0 Å². The number of benzene rings is 2. The highest BCUT2D eigenvalue weighted by molar-refractivity contribution is 5.40. The molecule has 0 fully saturated rings. The molecule has 4 N–H and O–H groups in total. The van der Waals surface area contributed by atoms with Crippen LogP contribution in [0.2, 0.25) is 0 Å². The van der Waals surface area contributed by atoms with Crippen LogP contribution in [-0.2, 0) is 6.54 Å². The van der Waals surface area contributed by atoms with Crippen molar-refractivity contribution in [3.63, 3.8) is 0 Å². The maximum atomic E-state index is 9.43. The van der Waals surface area contributed by atoms with Crippen LogP contribution in [0, 0.1) is 0 Å². The predicted molar refractivity (Wildman–Crippen MR) is 73.1 cm³/mol. The van der Waals surface area contributed by atoms with E-state index in [2.05, 4.69) is 5.32 Å². The number of phenols is 3. The minimum absolute atomic E-state index is 0.0723. The van der Waals surface area contributed by atoms with Gasteiger partial charge in [-0.3, -0.25) is 0 Å². The van der Waals surface area contributed by atoms with Crippen molar-refractivity contribution in [2.24, 2.45) is 0 Å². The maximum absolute atomic E-state index is 9.43. The van der Waals surface area contributed by atoms with Gasteiger partial charge in [0.25, 0.3) is 0 Å². The number of aromatic hydroxyl groups is 3. The molecule has 2 aromatic carbocycles. The molecule has 0 aliphatic carbocycles. The summed E-state index contributed by atoms with van der Waals surface area (Å²) in [5.74, 6) is 0.00233. The lowest BCUT2D eigenvalue weighted by molar-refractivity contribution is 0.402. The van der Waals surface area contributed by atoms with E-state index in [1.54, 1.807) is 24.3 Å². The fraction of sp³-hybridized carbons (Fsp3) is 0.200. The number of rotatable bonds is 4. The molecule has 0 bridgehead atoms. The van der Waals surface area contributed by atoms with Crippen LogP contribution in [0.1, 0.15) is 24.1 Å². The lowest BCUT2D eigenvalue weighted by atomic mass is 10.1. The molecule has 0 spiro atoms. The van der Waals surface area contributed by atoms with Gasteiger partial charge in [0, 0.05) is 12.6 Å². The zero-order valence-electron chi connectivity index (χ0n) is 10.7. The quantitative estimate of drug-likeness (QED) is 0.637. The van der Waals surface area contributed by atoms with E-state index in [0.29, 0.717) is 6.54 Å². The van der Waals surface area contributed by atoms with Crippen molar-refractivity contribution in [3.05, 3.63) is 53.6 Å². The number of nitrogens with one attached hydrogen (secondary N) is 1. The summed E-state index contributed by atoms with van der Waals surface area (Å²) in [6, 6.07) is 11.9. The first-order valence-electron chi connectivity index (χ1n) is 6.09. The van der Waals surface area contributed by atoms with Crippen LogP contribution in [0.15, 0.2) is 42.5 Å². The minimum atomic E-state index is -0.121. The van der Waals surface area contributed by atoms with Gasteiger partial charge >= 0.3 is 0 Å². The van der Waals surface area contributed by atoms with E-state index in [4.69, 9.17) is 0 Å². The number of phenolic OH excluding ortho intramolecular Hbond substituents is 3. The van der Waals surface area contributed by atoms with Crippen LogP contribution in [-0.4, -0.2) is 15.3 Å². The molecule has 1 unspecified atom stereocenters. The molecule has 0 amide bonds. The molecule has 0 aliphatic rings. The van der Waals surface area contributed by atoms with Crippen molar-refractivity contribution in [3.8, 4) is 17.2 Å². The van der Waals surface area contributed by atoms with Crippen LogP contribution in [0.3, 0.4) is 0 Å². The molecule has 0 heterocycles. The van der Waals surface area contributed by atoms with Gasteiger partial charge < -0.3 is 20.6 Å². The molecule has 2 rings (SSSR count). The minimum Gasteiger partial charge on any atom is -0.508 e. The highest BCUT2D eigenvalue weighted by Gasteiger charge is 2.06. The highest BCUT2D eigenvalue weighted by Crippen LogP contribution is 2.25. The Bertz CT molecular complexity index is 569. The van der Waals surface area contributed by atoms with Crippen LogP contribution in [0.4, 0.5) is 0 Å². The van der Waals surface area contributed by atoms with Gasteiger partial charge in [-0.1, -0.05) is 18.2 Å². The summed E-state index contributed by atoms with van der Waals surface area (Å²) in [7, 11) is 0. The fourth-order valence-corrected chi connectivity index (χ4v) is 1.86. The third kappa shape index (κ3) is 3.39. The van der Waals surface area contributed by atoms with E-state index in [1.807, 2.05) is 13.0 Å². The van der Waals surface area contributed by atoms with Gasteiger partial charge in [0.2, 0.25) is 0 Å². The summed E-state index contributed by atoms with van der Waals surface area (Å²) in [5, 5.41) is 31.4. The summed E-state index contributed by atoms with van der Waals surface area (Å²) in [5.41, 5.74) is 1.87. The SMILES string of the molecule is CC(NCc1ccc(O)c(O)c1)c1cccc(O)c1. The maximum Gasteiger partial charge on any atom is 0.157 e. The molecule has 0 saturated carbocycles. The highest BCUT2D eigenvalue weighted by atomic mass is 16.3. The molecule has 2 aromatic rings. The Morgan fingerprint density at radius 2 is 1.79 bits per heavy atom.